The summed E-state index contributed by atoms with van der Waals surface area (Å²) in [6.45, 7) is 7.22. The molecule has 8 aromatic rings. The van der Waals surface area contributed by atoms with Crippen LogP contribution in [0.15, 0.2) is 41.8 Å². The Balaban J connectivity index is 0.000000161. The van der Waals surface area contributed by atoms with Gasteiger partial charge >= 0.3 is 0 Å². The van der Waals surface area contributed by atoms with Crippen LogP contribution in [0.25, 0.3) is 43.6 Å². The number of fused-ring (bicyclic) bond motifs is 4. The molecule has 424 valence electrons. The van der Waals surface area contributed by atoms with Crippen LogP contribution in [0.3, 0.4) is 0 Å². The highest BCUT2D eigenvalue weighted by Gasteiger charge is 2.41. The summed E-state index contributed by atoms with van der Waals surface area (Å²) in [4.78, 5) is 33.5. The van der Waals surface area contributed by atoms with Crippen molar-refractivity contribution in [2.75, 3.05) is 73.4 Å². The van der Waals surface area contributed by atoms with Crippen LogP contribution in [-0.2, 0) is 19.3 Å². The minimum atomic E-state index is -3.79. The Morgan fingerprint density at radius 3 is 1.53 bits per heavy atom. The van der Waals surface area contributed by atoms with E-state index in [0.29, 0.717) is 89.3 Å². The monoisotopic (exact) mass is 1200 g/mol. The van der Waals surface area contributed by atoms with Crippen LogP contribution in [0.1, 0.15) is 96.4 Å². The molecule has 0 amide bonds. The van der Waals surface area contributed by atoms with Gasteiger partial charge in [-0.1, -0.05) is 46.4 Å². The summed E-state index contributed by atoms with van der Waals surface area (Å²) in [5, 5.41) is 20.0. The van der Waals surface area contributed by atoms with E-state index in [9.17, 15) is 13.7 Å². The van der Waals surface area contributed by atoms with Crippen molar-refractivity contribution in [1.82, 2.24) is 49.5 Å². The Hall–Kier alpha value is -6.26. The summed E-state index contributed by atoms with van der Waals surface area (Å²) in [5.41, 5.74) is 1.01. The van der Waals surface area contributed by atoms with Gasteiger partial charge in [-0.3, -0.25) is 0 Å². The predicted molar refractivity (Wildman–Crippen MR) is 303 cm³/mol. The van der Waals surface area contributed by atoms with E-state index in [0.717, 1.165) is 102 Å². The van der Waals surface area contributed by atoms with E-state index in [1.807, 2.05) is 16.7 Å². The van der Waals surface area contributed by atoms with Crippen molar-refractivity contribution in [2.45, 2.75) is 102 Å². The Kier molecular flexibility index (Phi) is 15.3. The highest BCUT2D eigenvalue weighted by Crippen LogP contribution is 2.46. The molecular weight excluding hydrogens is 1150 g/mol. The Morgan fingerprint density at radius 1 is 0.617 bits per heavy atom. The summed E-state index contributed by atoms with van der Waals surface area (Å²) >= 11 is 25.9. The highest BCUT2D eigenvalue weighted by atomic mass is 35.5. The summed E-state index contributed by atoms with van der Waals surface area (Å²) in [7, 11) is -3.79. The minimum absolute atomic E-state index is 0.0381. The maximum absolute atomic E-state index is 15.3. The largest absolute Gasteiger partial charge is 0.434 e. The number of nitriles is 1. The molecule has 6 aromatic heterocycles. The Labute approximate surface area is 484 Å². The maximum Gasteiger partial charge on any atom is 0.249 e. The third-order valence-corrected chi connectivity index (χ3v) is 17.1. The van der Waals surface area contributed by atoms with Gasteiger partial charge in [0.05, 0.1) is 56.5 Å². The van der Waals surface area contributed by atoms with E-state index in [4.69, 9.17) is 75.3 Å². The highest BCUT2D eigenvalue weighted by molar-refractivity contribution is 7.90. The zero-order valence-corrected chi connectivity index (χ0v) is 48.0. The van der Waals surface area contributed by atoms with Crippen LogP contribution in [-0.4, -0.2) is 117 Å². The van der Waals surface area contributed by atoms with Crippen LogP contribution in [0.5, 0.6) is 23.3 Å². The van der Waals surface area contributed by atoms with Gasteiger partial charge in [-0.2, -0.15) is 30.4 Å². The van der Waals surface area contributed by atoms with Crippen LogP contribution >= 0.6 is 46.4 Å². The van der Waals surface area contributed by atoms with Crippen molar-refractivity contribution in [3.05, 3.63) is 68.6 Å². The summed E-state index contributed by atoms with van der Waals surface area (Å²) in [6, 6.07) is 8.31. The second-order valence-electron chi connectivity index (χ2n) is 21.3. The second-order valence-corrected chi connectivity index (χ2v) is 24.7. The van der Waals surface area contributed by atoms with E-state index in [1.165, 1.54) is 18.3 Å². The molecule has 2 unspecified atom stereocenters. The van der Waals surface area contributed by atoms with Crippen molar-refractivity contribution in [1.29, 1.82) is 5.26 Å². The van der Waals surface area contributed by atoms with E-state index in [2.05, 4.69) is 41.1 Å². The number of hydrogen-bond acceptors (Lipinski definition) is 18. The number of halogens is 6. The van der Waals surface area contributed by atoms with Gasteiger partial charge in [0.2, 0.25) is 32.7 Å². The first-order chi connectivity index (χ1) is 39.0. The molecule has 0 spiro atoms. The number of hydrogen-bond donors (Lipinski definition) is 0. The zero-order valence-electron chi connectivity index (χ0n) is 44.1. The third kappa shape index (κ3) is 10.9. The molecule has 0 saturated carbocycles. The molecule has 81 heavy (non-hydrogen) atoms. The van der Waals surface area contributed by atoms with E-state index >= 15 is 8.78 Å². The van der Waals surface area contributed by atoms with Crippen molar-refractivity contribution < 1.29 is 36.1 Å². The number of sulfone groups is 1. The molecule has 0 aliphatic carbocycles. The number of piperidine rings is 2. The summed E-state index contributed by atoms with van der Waals surface area (Å²) in [5.74, 6) is 0.250. The molecule has 2 atom stereocenters. The Bertz CT molecular complexity index is 3910. The van der Waals surface area contributed by atoms with E-state index in [1.54, 1.807) is 27.7 Å². The standard InChI is InChI=1S/C29H29Cl2FN8O2.C25H25Cl2FN6O4S/c1-29(14-33)15-39(16-29)28-36-24-17(26(37-28)38-8-4-2-5-9-38)11-21(30)35-27(24)42-25-18-13-34-40(22-7-3-6-10-41-22)20(18)12-19(32)23(25)31;1-39(35,36)25-31-21-14(23(32-25)33-8-4-2-5-9-33)11-18(26)30-24(21)38-22-15-13-29-34(19-7-3-6-10-37-19)17(15)12-16(28)20(22)27/h11-13,22H,2-10,15-16H2,1H3;11-13,19H,2-10H2,1H3. The Morgan fingerprint density at radius 2 is 1.09 bits per heavy atom. The first-order valence-corrected chi connectivity index (χ1v) is 30.4. The maximum atomic E-state index is 15.3. The SMILES string of the molecule is CC1(C#N)CN(c2nc(N3CCCCC3)c3cc(Cl)nc(Oc4c(Cl)c(F)cc5c4cnn5C4CCCCO4)c3n2)C1.CS(=O)(=O)c1nc(N2CCCCC2)c2cc(Cl)nc(Oc3c(Cl)c(F)cc4c3cnn4C3CCCCO3)c2n1. The fourth-order valence-electron chi connectivity index (χ4n) is 11.1. The molecule has 2 aromatic carbocycles. The number of pyridine rings is 2. The van der Waals surface area contributed by atoms with Crippen molar-refractivity contribution >= 4 is 117 Å². The average Bonchev–Trinajstić information content (AvgIpc) is 4.32. The van der Waals surface area contributed by atoms with Gasteiger partial charge in [0.15, 0.2) is 24.0 Å². The van der Waals surface area contributed by atoms with Crippen LogP contribution in [0, 0.1) is 28.4 Å². The van der Waals surface area contributed by atoms with Gasteiger partial charge in [-0.05, 0) is 96.1 Å². The molecule has 11 heterocycles. The molecule has 5 saturated heterocycles. The molecule has 0 radical (unpaired) electrons. The lowest BCUT2D eigenvalue weighted by atomic mass is 9.84. The molecule has 27 heteroatoms. The number of nitrogens with zero attached hydrogens (tertiary/aromatic N) is 14. The molecule has 5 fully saturated rings. The number of rotatable bonds is 10. The molecule has 20 nitrogen and oxygen atoms in total. The number of aromatic nitrogens is 10. The first-order valence-electron chi connectivity index (χ1n) is 27.0. The second kappa shape index (κ2) is 22.5. The van der Waals surface area contributed by atoms with E-state index in [-0.39, 0.29) is 66.7 Å². The quantitative estimate of drug-likeness (QED) is 0.0918. The fourth-order valence-corrected chi connectivity index (χ4v) is 12.4. The number of benzene rings is 2. The average molecular weight is 1210 g/mol. The zero-order chi connectivity index (χ0) is 56.3. The smallest absolute Gasteiger partial charge is 0.249 e. The first kappa shape index (κ1) is 55.3. The molecule has 5 aliphatic rings. The lowest BCUT2D eigenvalue weighted by Crippen LogP contribution is -2.54. The minimum Gasteiger partial charge on any atom is -0.434 e. The van der Waals surface area contributed by atoms with Gasteiger partial charge in [-0.25, -0.2) is 41.5 Å². The van der Waals surface area contributed by atoms with E-state index < -0.39 is 26.9 Å². The third-order valence-electron chi connectivity index (χ3n) is 15.2. The number of ether oxygens (including phenoxy) is 4. The topological polar surface area (TPSA) is 218 Å². The van der Waals surface area contributed by atoms with Gasteiger partial charge in [0.1, 0.15) is 54.7 Å². The van der Waals surface area contributed by atoms with Gasteiger partial charge in [0, 0.05) is 70.9 Å². The van der Waals surface area contributed by atoms with Gasteiger partial charge < -0.3 is 33.6 Å². The summed E-state index contributed by atoms with van der Waals surface area (Å²) in [6.07, 6.45) is 15.1. The number of anilines is 3. The van der Waals surface area contributed by atoms with Gasteiger partial charge in [0.25, 0.3) is 0 Å². The van der Waals surface area contributed by atoms with Crippen molar-refractivity contribution in [2.24, 2.45) is 5.41 Å². The van der Waals surface area contributed by atoms with Crippen LogP contribution < -0.4 is 24.2 Å². The van der Waals surface area contributed by atoms with Gasteiger partial charge in [-0.15, -0.1) is 0 Å². The lowest BCUT2D eigenvalue weighted by molar-refractivity contribution is -0.0368. The molecule has 5 aliphatic heterocycles. The van der Waals surface area contributed by atoms with Crippen LogP contribution in [0.4, 0.5) is 26.4 Å². The van der Waals surface area contributed by atoms with Crippen molar-refractivity contribution in [3.63, 3.8) is 0 Å². The van der Waals surface area contributed by atoms with Crippen molar-refractivity contribution in [3.8, 4) is 29.3 Å². The fraction of sp³-hybridized carbons (Fsp3) is 0.463. The lowest BCUT2D eigenvalue weighted by Gasteiger charge is -2.43. The molecule has 13 rings (SSSR count). The van der Waals surface area contributed by atoms with Crippen LogP contribution in [0.2, 0.25) is 20.4 Å². The predicted octanol–water partition coefficient (Wildman–Crippen LogP) is 12.4. The summed E-state index contributed by atoms with van der Waals surface area (Å²) < 4.78 is 83.0. The normalized spacial score (nSPS) is 19.6. The molecule has 0 N–H and O–H groups in total. The molecular formula is C54H54Cl4F2N14O6S. The molecule has 0 bridgehead atoms.